The number of aromatic nitrogens is 4. The third kappa shape index (κ3) is 3.97. The Morgan fingerprint density at radius 3 is 2.44 bits per heavy atom. The van der Waals surface area contributed by atoms with Crippen molar-refractivity contribution >= 4 is 17.4 Å². The highest BCUT2D eigenvalue weighted by molar-refractivity contribution is 5.96. The molecule has 2 aromatic heterocycles. The number of nitrogens with zero attached hydrogens (tertiary/aromatic N) is 5. The number of carbonyl (C=O) groups is 1. The van der Waals surface area contributed by atoms with E-state index >= 15 is 0 Å². The topological polar surface area (TPSA) is 75.9 Å². The summed E-state index contributed by atoms with van der Waals surface area (Å²) < 4.78 is 1.85. The van der Waals surface area contributed by atoms with Crippen molar-refractivity contribution in [2.45, 2.75) is 18.9 Å². The van der Waals surface area contributed by atoms with Gasteiger partial charge in [0.15, 0.2) is 5.82 Å². The second kappa shape index (κ2) is 8.63. The Hall–Kier alpha value is -4.00. The zero-order chi connectivity index (χ0) is 21.9. The molecule has 1 aliphatic heterocycles. The quantitative estimate of drug-likeness (QED) is 0.521. The molecule has 0 bridgehead atoms. The minimum Gasteiger partial charge on any atom is -0.360 e. The number of benzene rings is 2. The highest BCUT2D eigenvalue weighted by Crippen LogP contribution is 2.29. The van der Waals surface area contributed by atoms with Gasteiger partial charge in [-0.1, -0.05) is 42.5 Å². The van der Waals surface area contributed by atoms with Gasteiger partial charge in [0.2, 0.25) is 5.91 Å². The van der Waals surface area contributed by atoms with Crippen LogP contribution in [0.15, 0.2) is 79.0 Å². The fourth-order valence-corrected chi connectivity index (χ4v) is 4.20. The lowest BCUT2D eigenvalue weighted by atomic mass is 10.1. The smallest absolute Gasteiger partial charge is 0.248 e. The fraction of sp³-hybridized carbons (Fsp3) is 0.200. The number of anilines is 2. The normalized spacial score (nSPS) is 15.7. The molecule has 32 heavy (non-hydrogen) atoms. The van der Waals surface area contributed by atoms with Gasteiger partial charge in [-0.25, -0.2) is 0 Å². The highest BCUT2D eigenvalue weighted by atomic mass is 16.2. The SMILES string of the molecule is Cn1nccc1-c1ccc(N2CCCC2C(=O)Nc2ccc(-c3ccccc3)nn2)cc1. The number of carbonyl (C=O) groups excluding carboxylic acids is 1. The minimum absolute atomic E-state index is 0.0556. The molecule has 7 nitrogen and oxygen atoms in total. The maximum atomic E-state index is 13.0. The number of nitrogens with one attached hydrogen (secondary N) is 1. The molecule has 0 radical (unpaired) electrons. The van der Waals surface area contributed by atoms with Crippen LogP contribution in [0.5, 0.6) is 0 Å². The average Bonchev–Trinajstić information content (AvgIpc) is 3.50. The van der Waals surface area contributed by atoms with Crippen LogP contribution in [0.1, 0.15) is 12.8 Å². The predicted octanol–water partition coefficient (Wildman–Crippen LogP) is 4.15. The van der Waals surface area contributed by atoms with Crippen LogP contribution in [0.25, 0.3) is 22.5 Å². The molecule has 1 aliphatic rings. The van der Waals surface area contributed by atoms with Gasteiger partial charge < -0.3 is 10.2 Å². The number of hydrogen-bond acceptors (Lipinski definition) is 5. The number of rotatable bonds is 5. The molecule has 1 N–H and O–H groups in total. The summed E-state index contributed by atoms with van der Waals surface area (Å²) in [5.41, 5.74) is 4.97. The molecule has 3 heterocycles. The average molecular weight is 425 g/mol. The van der Waals surface area contributed by atoms with E-state index in [2.05, 4.69) is 49.8 Å². The third-order valence-corrected chi connectivity index (χ3v) is 5.86. The molecule has 1 fully saturated rings. The van der Waals surface area contributed by atoms with Crippen molar-refractivity contribution in [2.75, 3.05) is 16.8 Å². The largest absolute Gasteiger partial charge is 0.360 e. The maximum absolute atomic E-state index is 13.0. The first-order valence-corrected chi connectivity index (χ1v) is 10.7. The Morgan fingerprint density at radius 2 is 1.75 bits per heavy atom. The number of amides is 1. The minimum atomic E-state index is -0.229. The van der Waals surface area contributed by atoms with E-state index in [0.717, 1.165) is 47.6 Å². The lowest BCUT2D eigenvalue weighted by Gasteiger charge is -2.26. The van der Waals surface area contributed by atoms with Gasteiger partial charge in [0.25, 0.3) is 0 Å². The highest BCUT2D eigenvalue weighted by Gasteiger charge is 2.31. The second-order valence-corrected chi connectivity index (χ2v) is 7.90. The first kappa shape index (κ1) is 19.9. The molecule has 1 atom stereocenters. The van der Waals surface area contributed by atoms with Crippen LogP contribution in [0.3, 0.4) is 0 Å². The molecule has 2 aromatic carbocycles. The van der Waals surface area contributed by atoms with Crippen LogP contribution < -0.4 is 10.2 Å². The van der Waals surface area contributed by atoms with Crippen LogP contribution in [0.4, 0.5) is 11.5 Å². The zero-order valence-electron chi connectivity index (χ0n) is 17.8. The summed E-state index contributed by atoms with van der Waals surface area (Å²) in [5, 5.41) is 15.6. The van der Waals surface area contributed by atoms with Crippen LogP contribution in [0.2, 0.25) is 0 Å². The first-order chi connectivity index (χ1) is 15.7. The van der Waals surface area contributed by atoms with Crippen molar-refractivity contribution in [3.8, 4) is 22.5 Å². The molecule has 1 saturated heterocycles. The molecular weight excluding hydrogens is 400 g/mol. The van der Waals surface area contributed by atoms with E-state index in [1.807, 2.05) is 54.2 Å². The molecule has 1 amide bonds. The third-order valence-electron chi connectivity index (χ3n) is 5.86. The maximum Gasteiger partial charge on any atom is 0.248 e. The van der Waals surface area contributed by atoms with Gasteiger partial charge in [0.05, 0.1) is 11.4 Å². The van der Waals surface area contributed by atoms with E-state index in [1.165, 1.54) is 0 Å². The molecule has 0 saturated carbocycles. The van der Waals surface area contributed by atoms with Gasteiger partial charge in [0, 0.05) is 31.0 Å². The van der Waals surface area contributed by atoms with Crippen LogP contribution in [-0.2, 0) is 11.8 Å². The van der Waals surface area contributed by atoms with Crippen molar-refractivity contribution in [3.63, 3.8) is 0 Å². The summed E-state index contributed by atoms with van der Waals surface area (Å²) in [6, 6.07) is 23.6. The van der Waals surface area contributed by atoms with Crippen molar-refractivity contribution in [1.82, 2.24) is 20.0 Å². The Morgan fingerprint density at radius 1 is 0.938 bits per heavy atom. The van der Waals surface area contributed by atoms with Crippen molar-refractivity contribution in [1.29, 1.82) is 0 Å². The molecule has 0 aliphatic carbocycles. The predicted molar refractivity (Wildman–Crippen MR) is 125 cm³/mol. The van der Waals surface area contributed by atoms with Gasteiger partial charge >= 0.3 is 0 Å². The van der Waals surface area contributed by atoms with Crippen molar-refractivity contribution in [2.24, 2.45) is 7.05 Å². The summed E-state index contributed by atoms with van der Waals surface area (Å²) in [5.74, 6) is 0.410. The summed E-state index contributed by atoms with van der Waals surface area (Å²) in [6.45, 7) is 0.849. The Balaban J connectivity index is 1.28. The van der Waals surface area contributed by atoms with Crippen LogP contribution in [-0.4, -0.2) is 38.5 Å². The Labute approximate surface area is 186 Å². The van der Waals surface area contributed by atoms with E-state index in [9.17, 15) is 4.79 Å². The van der Waals surface area contributed by atoms with Crippen LogP contribution in [0, 0.1) is 0 Å². The Kier molecular flexibility index (Phi) is 5.37. The van der Waals surface area contributed by atoms with Gasteiger partial charge in [-0.15, -0.1) is 10.2 Å². The van der Waals surface area contributed by atoms with E-state index in [-0.39, 0.29) is 11.9 Å². The number of hydrogen-bond donors (Lipinski definition) is 1. The first-order valence-electron chi connectivity index (χ1n) is 10.7. The lowest BCUT2D eigenvalue weighted by Crippen LogP contribution is -2.39. The van der Waals surface area contributed by atoms with Gasteiger partial charge in [-0.2, -0.15) is 5.10 Å². The molecule has 5 rings (SSSR count). The zero-order valence-corrected chi connectivity index (χ0v) is 17.8. The monoisotopic (exact) mass is 424 g/mol. The van der Waals surface area contributed by atoms with E-state index in [1.54, 1.807) is 12.3 Å². The molecule has 0 spiro atoms. The molecular formula is C25H24N6O. The summed E-state index contributed by atoms with van der Waals surface area (Å²) in [4.78, 5) is 15.2. The Bertz CT molecular complexity index is 1200. The van der Waals surface area contributed by atoms with E-state index in [4.69, 9.17) is 0 Å². The van der Waals surface area contributed by atoms with Crippen molar-refractivity contribution in [3.05, 3.63) is 79.0 Å². The number of aryl methyl sites for hydroxylation is 1. The standard InChI is InChI=1S/C25H24N6O/c1-30-22(15-16-26-30)19-9-11-20(12-10-19)31-17-5-8-23(31)25(32)27-24-14-13-21(28-29-24)18-6-3-2-4-7-18/h2-4,6-7,9-16,23H,5,8,17H2,1H3,(H,27,29,32). The summed E-state index contributed by atoms with van der Waals surface area (Å²) >= 11 is 0. The fourth-order valence-electron chi connectivity index (χ4n) is 4.20. The van der Waals surface area contributed by atoms with E-state index in [0.29, 0.717) is 5.82 Å². The van der Waals surface area contributed by atoms with E-state index < -0.39 is 0 Å². The van der Waals surface area contributed by atoms with Gasteiger partial charge in [-0.3, -0.25) is 9.48 Å². The van der Waals surface area contributed by atoms with Gasteiger partial charge in [-0.05, 0) is 48.7 Å². The lowest BCUT2D eigenvalue weighted by molar-refractivity contribution is -0.117. The second-order valence-electron chi connectivity index (χ2n) is 7.90. The molecule has 4 aromatic rings. The van der Waals surface area contributed by atoms with Gasteiger partial charge in [0.1, 0.15) is 6.04 Å². The van der Waals surface area contributed by atoms with Crippen molar-refractivity contribution < 1.29 is 4.79 Å². The molecule has 1 unspecified atom stereocenters. The summed E-state index contributed by atoms with van der Waals surface area (Å²) in [6.07, 6.45) is 3.57. The summed E-state index contributed by atoms with van der Waals surface area (Å²) in [7, 11) is 1.93. The van der Waals surface area contributed by atoms with Crippen LogP contribution >= 0.6 is 0 Å². The molecule has 160 valence electrons. The molecule has 7 heteroatoms.